The first kappa shape index (κ1) is 6.22. The fraction of sp³-hybridized carbons (Fsp3) is 0. The second kappa shape index (κ2) is 2.27. The van der Waals surface area contributed by atoms with E-state index in [0.29, 0.717) is 5.65 Å². The third-order valence-electron chi connectivity index (χ3n) is 1.46. The van der Waals surface area contributed by atoms with Crippen LogP contribution in [0.4, 0.5) is 0 Å². The van der Waals surface area contributed by atoms with Gasteiger partial charge < -0.3 is 0 Å². The van der Waals surface area contributed by atoms with Gasteiger partial charge in [-0.1, -0.05) is 0 Å². The van der Waals surface area contributed by atoms with Gasteiger partial charge in [-0.25, -0.2) is 9.97 Å². The van der Waals surface area contributed by atoms with Crippen molar-refractivity contribution >= 4 is 11.2 Å². The Morgan fingerprint density at radius 3 is 2.55 bits per heavy atom. The van der Waals surface area contributed by atoms with Gasteiger partial charge >= 0.3 is 0 Å². The summed E-state index contributed by atoms with van der Waals surface area (Å²) in [7, 11) is 0. The van der Waals surface area contributed by atoms with E-state index in [4.69, 9.17) is 0 Å². The molecule has 0 fully saturated rings. The smallest absolute Gasteiger partial charge is 0.178 e. The number of hydrogen-bond donors (Lipinski definition) is 0. The van der Waals surface area contributed by atoms with Crippen LogP contribution in [0, 0.1) is 6.92 Å². The molecule has 0 N–H and O–H groups in total. The van der Waals surface area contributed by atoms with Gasteiger partial charge in [0, 0.05) is 18.6 Å². The van der Waals surface area contributed by atoms with E-state index in [-0.39, 0.29) is 0 Å². The molecule has 0 saturated carbocycles. The Morgan fingerprint density at radius 2 is 1.73 bits per heavy atom. The highest BCUT2D eigenvalue weighted by molar-refractivity contribution is 5.73. The molecule has 1 radical (unpaired) electrons. The molecule has 0 saturated heterocycles. The molecule has 53 valence electrons. The highest BCUT2D eigenvalue weighted by Gasteiger charge is 1.96. The lowest BCUT2D eigenvalue weighted by molar-refractivity contribution is 1.22. The number of rotatable bonds is 0. The van der Waals surface area contributed by atoms with Gasteiger partial charge in [0.2, 0.25) is 0 Å². The minimum absolute atomic E-state index is 0.653. The largest absolute Gasteiger partial charge is 0.251 e. The van der Waals surface area contributed by atoms with E-state index in [1.165, 1.54) is 0 Å². The minimum Gasteiger partial charge on any atom is -0.251 e. The average molecular weight is 144 g/mol. The van der Waals surface area contributed by atoms with E-state index in [0.717, 1.165) is 11.1 Å². The molecule has 0 spiro atoms. The molecule has 0 bridgehead atoms. The van der Waals surface area contributed by atoms with Crippen LogP contribution in [-0.4, -0.2) is 15.0 Å². The molecule has 3 nitrogen and oxygen atoms in total. The number of pyridine rings is 1. The summed E-state index contributed by atoms with van der Waals surface area (Å²) in [6.07, 6.45) is 4.94. The summed E-state index contributed by atoms with van der Waals surface area (Å²) in [6.45, 7) is 3.81. The molecule has 11 heavy (non-hydrogen) atoms. The van der Waals surface area contributed by atoms with Crippen molar-refractivity contribution in [2.75, 3.05) is 0 Å². The van der Waals surface area contributed by atoms with E-state index in [2.05, 4.69) is 21.9 Å². The third kappa shape index (κ3) is 0.941. The molecule has 0 amide bonds. The fourth-order valence-corrected chi connectivity index (χ4v) is 0.928. The van der Waals surface area contributed by atoms with Gasteiger partial charge in [-0.3, -0.25) is 4.98 Å². The maximum atomic E-state index is 4.09. The predicted octanol–water partition coefficient (Wildman–Crippen LogP) is 1.21. The molecule has 2 aromatic heterocycles. The second-order valence-electron chi connectivity index (χ2n) is 2.20. The van der Waals surface area contributed by atoms with Crippen LogP contribution < -0.4 is 0 Å². The summed E-state index contributed by atoms with van der Waals surface area (Å²) in [6, 6.07) is 1.82. The lowest BCUT2D eigenvalue weighted by Crippen LogP contribution is -1.87. The van der Waals surface area contributed by atoms with Gasteiger partial charge in [0.25, 0.3) is 0 Å². The van der Waals surface area contributed by atoms with Crippen LogP contribution in [0.15, 0.2) is 24.7 Å². The first-order valence-corrected chi connectivity index (χ1v) is 3.25. The van der Waals surface area contributed by atoms with Crippen LogP contribution >= 0.6 is 0 Å². The fourth-order valence-electron chi connectivity index (χ4n) is 0.928. The molecule has 2 aromatic rings. The summed E-state index contributed by atoms with van der Waals surface area (Å²) < 4.78 is 0. The summed E-state index contributed by atoms with van der Waals surface area (Å²) in [5.74, 6) is 0. The maximum Gasteiger partial charge on any atom is 0.178 e. The Labute approximate surface area is 64.1 Å². The van der Waals surface area contributed by atoms with Crippen LogP contribution in [-0.2, 0) is 0 Å². The minimum atomic E-state index is 0.653. The highest BCUT2D eigenvalue weighted by atomic mass is 14.9. The number of hydrogen-bond acceptors (Lipinski definition) is 3. The topological polar surface area (TPSA) is 38.7 Å². The monoisotopic (exact) mass is 144 g/mol. The van der Waals surface area contributed by atoms with Gasteiger partial charge in [-0.2, -0.15) is 0 Å². The van der Waals surface area contributed by atoms with Gasteiger partial charge in [-0.15, -0.1) is 0 Å². The number of aromatic nitrogens is 3. The lowest BCUT2D eigenvalue weighted by Gasteiger charge is -1.95. The third-order valence-corrected chi connectivity index (χ3v) is 1.46. The number of fused-ring (bicyclic) bond motifs is 1. The molecule has 0 unspecified atom stereocenters. The van der Waals surface area contributed by atoms with E-state index >= 15 is 0 Å². The van der Waals surface area contributed by atoms with Crippen molar-refractivity contribution in [1.29, 1.82) is 0 Å². The first-order chi connectivity index (χ1) is 5.38. The standard InChI is InChI=1S/C8H6N3/c1-6-2-3-10-8-7(6)9-4-5-11-8/h2-5H,1H2. The van der Waals surface area contributed by atoms with Crippen molar-refractivity contribution in [3.63, 3.8) is 0 Å². The molecule has 3 heteroatoms. The van der Waals surface area contributed by atoms with Crippen molar-refractivity contribution in [1.82, 2.24) is 15.0 Å². The van der Waals surface area contributed by atoms with Gasteiger partial charge in [0.1, 0.15) is 5.52 Å². The first-order valence-electron chi connectivity index (χ1n) is 3.25. The Bertz CT molecular complexity index is 378. The maximum absolute atomic E-state index is 4.09. The van der Waals surface area contributed by atoms with Crippen LogP contribution in [0.5, 0.6) is 0 Å². The molecular weight excluding hydrogens is 138 g/mol. The quantitative estimate of drug-likeness (QED) is 0.557. The average Bonchev–Trinajstić information content (AvgIpc) is 2.06. The molecular formula is C8H6N3. The zero-order valence-corrected chi connectivity index (χ0v) is 5.86. The number of nitrogens with zero attached hydrogens (tertiary/aromatic N) is 3. The molecule has 0 atom stereocenters. The SMILES string of the molecule is [CH2]c1ccnc2nccnc12. The van der Waals surface area contributed by atoms with E-state index < -0.39 is 0 Å². The zero-order valence-electron chi connectivity index (χ0n) is 5.86. The molecule has 0 aliphatic carbocycles. The van der Waals surface area contributed by atoms with Crippen molar-refractivity contribution in [2.45, 2.75) is 0 Å². The summed E-state index contributed by atoms with van der Waals surface area (Å²) in [4.78, 5) is 12.2. The molecule has 2 heterocycles. The van der Waals surface area contributed by atoms with Gasteiger partial charge in [-0.05, 0) is 18.6 Å². The normalized spacial score (nSPS) is 10.3. The van der Waals surface area contributed by atoms with Gasteiger partial charge in [0.15, 0.2) is 5.65 Å². The molecule has 0 aromatic carbocycles. The Balaban J connectivity index is 2.91. The second-order valence-corrected chi connectivity index (χ2v) is 2.20. The van der Waals surface area contributed by atoms with E-state index in [1.807, 2.05) is 6.07 Å². The summed E-state index contributed by atoms with van der Waals surface area (Å²) in [5, 5.41) is 0. The van der Waals surface area contributed by atoms with E-state index in [9.17, 15) is 0 Å². The van der Waals surface area contributed by atoms with Crippen LogP contribution in [0.25, 0.3) is 11.2 Å². The Hall–Kier alpha value is -1.51. The lowest BCUT2D eigenvalue weighted by atomic mass is 10.3. The van der Waals surface area contributed by atoms with Crippen LogP contribution in [0.2, 0.25) is 0 Å². The molecule has 2 rings (SSSR count). The predicted molar refractivity (Wildman–Crippen MR) is 41.8 cm³/mol. The van der Waals surface area contributed by atoms with Crippen LogP contribution in [0.3, 0.4) is 0 Å². The summed E-state index contributed by atoms with van der Waals surface area (Å²) in [5.41, 5.74) is 2.29. The van der Waals surface area contributed by atoms with E-state index in [1.54, 1.807) is 18.6 Å². The van der Waals surface area contributed by atoms with Crippen molar-refractivity contribution < 1.29 is 0 Å². The Morgan fingerprint density at radius 1 is 1.00 bits per heavy atom. The highest BCUT2D eigenvalue weighted by Crippen LogP contribution is 2.08. The van der Waals surface area contributed by atoms with Crippen molar-refractivity contribution in [3.8, 4) is 0 Å². The van der Waals surface area contributed by atoms with Crippen LogP contribution in [0.1, 0.15) is 5.56 Å². The van der Waals surface area contributed by atoms with Gasteiger partial charge in [0.05, 0.1) is 0 Å². The zero-order chi connectivity index (χ0) is 7.68. The van der Waals surface area contributed by atoms with Crippen molar-refractivity contribution in [2.24, 2.45) is 0 Å². The summed E-state index contributed by atoms with van der Waals surface area (Å²) >= 11 is 0. The Kier molecular flexibility index (Phi) is 1.28. The molecule has 0 aliphatic heterocycles. The molecule has 0 aliphatic rings. The van der Waals surface area contributed by atoms with Crippen molar-refractivity contribution in [3.05, 3.63) is 37.1 Å².